The zero-order valence-electron chi connectivity index (χ0n) is 29.6. The second-order valence-electron chi connectivity index (χ2n) is 13.9. The van der Waals surface area contributed by atoms with Crippen molar-refractivity contribution in [3.8, 4) is 0 Å². The summed E-state index contributed by atoms with van der Waals surface area (Å²) in [5, 5.41) is 40.2. The summed E-state index contributed by atoms with van der Waals surface area (Å²) in [4.78, 5) is 47.1. The molecule has 1 aromatic carbocycles. The molecule has 1 aromatic heterocycles. The second kappa shape index (κ2) is 18.7. The third kappa shape index (κ3) is 11.1. The Bertz CT molecular complexity index is 1310. The predicted molar refractivity (Wildman–Crippen MR) is 188 cm³/mol. The van der Waals surface area contributed by atoms with E-state index in [9.17, 15) is 29.7 Å². The van der Waals surface area contributed by atoms with Gasteiger partial charge in [-0.3, -0.25) is 24.6 Å². The number of nitrogens with zero attached hydrogens (tertiary/aromatic N) is 3. The van der Waals surface area contributed by atoms with E-state index in [1.165, 1.54) is 11.3 Å². The monoisotopic (exact) mass is 687 g/mol. The van der Waals surface area contributed by atoms with Gasteiger partial charge in [0.25, 0.3) is 0 Å². The summed E-state index contributed by atoms with van der Waals surface area (Å²) in [6, 6.07) is 8.09. The van der Waals surface area contributed by atoms with E-state index in [0.29, 0.717) is 23.5 Å². The number of carbonyl (C=O) groups is 3. The molecule has 8 atom stereocenters. The molecule has 2 heterocycles. The molecule has 1 saturated heterocycles. The Labute approximate surface area is 290 Å². The molecule has 268 valence electrons. The molecule has 12 heteroatoms. The Kier molecular flexibility index (Phi) is 15.4. The standard InChI is InChI=1S/C36H57N5O6S/c1-8-23(4)31(39-33(44)28-16-12-13-17-40(28)6)35(45)41(7)29(22(2)3)20-30(42)34-38-27(21-48-34)32(43)37-26(18-24(5)36(46)47)19-25-14-10-9-11-15-25/h9-11,14-15,21-24,26,28-32,37,42-43H,8,12-13,16-20H2,1-7H3,(H,39,44)(H,46,47)/t23-,24-,26+,28+,29+,30+,31-,32?/m0/s1. The van der Waals surface area contributed by atoms with Crippen LogP contribution in [0.5, 0.6) is 0 Å². The van der Waals surface area contributed by atoms with Gasteiger partial charge in [0.1, 0.15) is 23.4 Å². The molecule has 11 nitrogen and oxygen atoms in total. The summed E-state index contributed by atoms with van der Waals surface area (Å²) in [5.74, 6) is -1.87. The van der Waals surface area contributed by atoms with Crippen molar-refractivity contribution in [3.63, 3.8) is 0 Å². The number of aliphatic hydroxyl groups is 2. The highest BCUT2D eigenvalue weighted by Crippen LogP contribution is 2.29. The van der Waals surface area contributed by atoms with Crippen LogP contribution in [0.1, 0.15) is 102 Å². The molecular weight excluding hydrogens is 630 g/mol. The van der Waals surface area contributed by atoms with Crippen LogP contribution in [0.2, 0.25) is 0 Å². The SMILES string of the molecule is CC[C@H](C)[C@H](NC(=O)[C@H]1CCCCN1C)C(=O)N(C)[C@H](C[C@@H](O)c1nc(C(O)N[C@@H](Cc2ccccc2)C[C@H](C)C(=O)O)cs1)C(C)C. The molecule has 1 fully saturated rings. The number of amides is 2. The van der Waals surface area contributed by atoms with Crippen LogP contribution in [0.25, 0.3) is 0 Å². The van der Waals surface area contributed by atoms with Gasteiger partial charge in [-0.05, 0) is 56.7 Å². The molecule has 0 radical (unpaired) electrons. The first kappa shape index (κ1) is 39.5. The molecule has 48 heavy (non-hydrogen) atoms. The van der Waals surface area contributed by atoms with Crippen molar-refractivity contribution in [2.45, 2.75) is 116 Å². The average Bonchev–Trinajstić information content (AvgIpc) is 3.56. The van der Waals surface area contributed by atoms with E-state index in [0.717, 1.165) is 37.8 Å². The number of hydrogen-bond acceptors (Lipinski definition) is 9. The lowest BCUT2D eigenvalue weighted by atomic mass is 9.92. The molecule has 1 aliphatic heterocycles. The van der Waals surface area contributed by atoms with Crippen molar-refractivity contribution in [1.82, 2.24) is 25.4 Å². The number of carboxylic acid groups (broad SMARTS) is 1. The van der Waals surface area contributed by atoms with Gasteiger partial charge in [0.15, 0.2) is 0 Å². The van der Waals surface area contributed by atoms with Gasteiger partial charge < -0.3 is 25.5 Å². The number of piperidine rings is 1. The molecule has 5 N–H and O–H groups in total. The Morgan fingerprint density at radius 3 is 2.38 bits per heavy atom. The Morgan fingerprint density at radius 2 is 1.77 bits per heavy atom. The summed E-state index contributed by atoms with van der Waals surface area (Å²) in [5.41, 5.74) is 1.36. The van der Waals surface area contributed by atoms with Gasteiger partial charge in [-0.1, -0.05) is 77.8 Å². The van der Waals surface area contributed by atoms with Crippen LogP contribution in [-0.2, 0) is 20.8 Å². The smallest absolute Gasteiger partial charge is 0.306 e. The Morgan fingerprint density at radius 1 is 1.08 bits per heavy atom. The highest BCUT2D eigenvalue weighted by molar-refractivity contribution is 7.09. The van der Waals surface area contributed by atoms with Gasteiger partial charge in [0, 0.05) is 30.9 Å². The molecule has 1 unspecified atom stereocenters. The average molecular weight is 688 g/mol. The molecule has 0 spiro atoms. The number of likely N-dealkylation sites (tertiary alicyclic amines) is 1. The minimum atomic E-state index is -1.16. The number of rotatable bonds is 18. The lowest BCUT2D eigenvalue weighted by Crippen LogP contribution is -2.58. The van der Waals surface area contributed by atoms with Gasteiger partial charge in [-0.25, -0.2) is 4.98 Å². The lowest BCUT2D eigenvalue weighted by molar-refractivity contribution is -0.141. The molecule has 0 aliphatic carbocycles. The number of benzene rings is 1. The number of hydrogen-bond donors (Lipinski definition) is 5. The van der Waals surface area contributed by atoms with Crippen molar-refractivity contribution < 1.29 is 29.7 Å². The van der Waals surface area contributed by atoms with Crippen molar-refractivity contribution in [3.05, 3.63) is 52.0 Å². The minimum absolute atomic E-state index is 0.00743. The van der Waals surface area contributed by atoms with E-state index in [2.05, 4.69) is 20.5 Å². The van der Waals surface area contributed by atoms with Crippen LogP contribution in [0.3, 0.4) is 0 Å². The number of thiazole rings is 1. The zero-order chi connectivity index (χ0) is 35.5. The highest BCUT2D eigenvalue weighted by atomic mass is 32.1. The number of likely N-dealkylation sites (N-methyl/N-ethyl adjacent to an activating group) is 2. The summed E-state index contributed by atoms with van der Waals surface area (Å²) >= 11 is 1.23. The van der Waals surface area contributed by atoms with Crippen LogP contribution in [-0.4, -0.2) is 92.7 Å². The highest BCUT2D eigenvalue weighted by Gasteiger charge is 2.36. The van der Waals surface area contributed by atoms with Crippen molar-refractivity contribution in [1.29, 1.82) is 0 Å². The van der Waals surface area contributed by atoms with Crippen LogP contribution in [0, 0.1) is 17.8 Å². The molecule has 0 bridgehead atoms. The number of nitrogens with one attached hydrogen (secondary N) is 2. The number of carboxylic acids is 1. The van der Waals surface area contributed by atoms with Crippen LogP contribution in [0.4, 0.5) is 0 Å². The number of carbonyl (C=O) groups excluding carboxylic acids is 2. The van der Waals surface area contributed by atoms with E-state index in [4.69, 9.17) is 0 Å². The normalized spacial score (nSPS) is 19.9. The van der Waals surface area contributed by atoms with Crippen LogP contribution >= 0.6 is 11.3 Å². The van der Waals surface area contributed by atoms with Crippen molar-refractivity contribution in [2.75, 3.05) is 20.6 Å². The van der Waals surface area contributed by atoms with E-state index in [1.54, 1.807) is 24.3 Å². The van der Waals surface area contributed by atoms with E-state index >= 15 is 0 Å². The van der Waals surface area contributed by atoms with Gasteiger partial charge in [0.2, 0.25) is 11.8 Å². The third-order valence-electron chi connectivity index (χ3n) is 9.81. The summed E-state index contributed by atoms with van der Waals surface area (Å²) in [7, 11) is 3.69. The first-order valence-electron chi connectivity index (χ1n) is 17.3. The summed E-state index contributed by atoms with van der Waals surface area (Å²) in [6.07, 6.45) is 2.47. The van der Waals surface area contributed by atoms with Gasteiger partial charge >= 0.3 is 5.97 Å². The molecular formula is C36H57N5O6S. The fourth-order valence-electron chi connectivity index (χ4n) is 6.45. The maximum absolute atomic E-state index is 14.0. The van der Waals surface area contributed by atoms with Crippen LogP contribution < -0.4 is 10.6 Å². The first-order valence-corrected chi connectivity index (χ1v) is 18.2. The van der Waals surface area contributed by atoms with E-state index in [-0.39, 0.29) is 48.2 Å². The van der Waals surface area contributed by atoms with Crippen LogP contribution in [0.15, 0.2) is 35.7 Å². The second-order valence-corrected chi connectivity index (χ2v) is 14.8. The van der Waals surface area contributed by atoms with Crippen molar-refractivity contribution in [2.24, 2.45) is 17.8 Å². The van der Waals surface area contributed by atoms with Crippen molar-refractivity contribution >= 4 is 29.1 Å². The third-order valence-corrected chi connectivity index (χ3v) is 10.8. The molecule has 2 aromatic rings. The van der Waals surface area contributed by atoms with Gasteiger partial charge in [-0.2, -0.15) is 0 Å². The molecule has 1 aliphatic rings. The Hall–Kier alpha value is -2.90. The number of aliphatic carboxylic acids is 1. The predicted octanol–water partition coefficient (Wildman–Crippen LogP) is 4.37. The van der Waals surface area contributed by atoms with E-state index in [1.807, 2.05) is 65.1 Å². The molecule has 0 saturated carbocycles. The largest absolute Gasteiger partial charge is 0.481 e. The van der Waals surface area contributed by atoms with Gasteiger partial charge in [-0.15, -0.1) is 11.3 Å². The fraction of sp³-hybridized carbons (Fsp3) is 0.667. The molecule has 2 amide bonds. The molecule has 3 rings (SSSR count). The van der Waals surface area contributed by atoms with E-state index < -0.39 is 30.3 Å². The minimum Gasteiger partial charge on any atom is -0.481 e. The zero-order valence-corrected chi connectivity index (χ0v) is 30.4. The quantitative estimate of drug-likeness (QED) is 0.144. The first-order chi connectivity index (χ1) is 22.7. The lowest BCUT2D eigenvalue weighted by Gasteiger charge is -2.38. The maximum Gasteiger partial charge on any atom is 0.306 e. The maximum atomic E-state index is 14.0. The van der Waals surface area contributed by atoms with Gasteiger partial charge in [0.05, 0.1) is 17.7 Å². The summed E-state index contributed by atoms with van der Waals surface area (Å²) < 4.78 is 0. The summed E-state index contributed by atoms with van der Waals surface area (Å²) in [6.45, 7) is 10.5. The Balaban J connectivity index is 1.70. The number of aromatic nitrogens is 1. The fourth-order valence-corrected chi connectivity index (χ4v) is 7.29. The topological polar surface area (TPSA) is 155 Å². The number of aliphatic hydroxyl groups excluding tert-OH is 2.